The molecule has 1 rings (SSSR count). The van der Waals surface area contributed by atoms with E-state index in [2.05, 4.69) is 32.3 Å². The second-order valence-electron chi connectivity index (χ2n) is 4.63. The molecule has 0 N–H and O–H groups in total. The summed E-state index contributed by atoms with van der Waals surface area (Å²) in [5.74, 6) is 0.0479. The maximum Gasteiger partial charge on any atom is 0.159 e. The molecule has 0 aromatic carbocycles. The van der Waals surface area contributed by atoms with Crippen LogP contribution in [0.1, 0.15) is 31.9 Å². The first-order chi connectivity index (χ1) is 6.95. The highest BCUT2D eigenvalue weighted by molar-refractivity contribution is 5.91. The lowest BCUT2D eigenvalue weighted by Gasteiger charge is -2.21. The zero-order valence-electron chi connectivity index (χ0n) is 9.58. The first-order valence-electron chi connectivity index (χ1n) is 5.04. The normalized spacial score (nSPS) is 11.1. The van der Waals surface area contributed by atoms with E-state index >= 15 is 0 Å². The van der Waals surface area contributed by atoms with Crippen LogP contribution < -0.4 is 0 Å². The standard InChI is InChI=1S/C13H17NO/c1-5-11(15)8-10-6-7-14-9-12(10)13(2,3)4/h5-7,9H,1,8H2,2-4H3. The Hall–Kier alpha value is -1.44. The van der Waals surface area contributed by atoms with Gasteiger partial charge in [0.15, 0.2) is 5.78 Å². The highest BCUT2D eigenvalue weighted by atomic mass is 16.1. The van der Waals surface area contributed by atoms with E-state index in [1.165, 1.54) is 6.08 Å². The second kappa shape index (κ2) is 4.39. The summed E-state index contributed by atoms with van der Waals surface area (Å²) in [5.41, 5.74) is 2.19. The van der Waals surface area contributed by atoms with Crippen molar-refractivity contribution in [3.05, 3.63) is 42.2 Å². The molecule has 0 aliphatic heterocycles. The van der Waals surface area contributed by atoms with Crippen LogP contribution in [0.4, 0.5) is 0 Å². The van der Waals surface area contributed by atoms with Gasteiger partial charge in [0.1, 0.15) is 0 Å². The summed E-state index contributed by atoms with van der Waals surface area (Å²) in [6.45, 7) is 9.83. The minimum atomic E-state index is 0.0189. The highest BCUT2D eigenvalue weighted by Crippen LogP contribution is 2.25. The number of hydrogen-bond donors (Lipinski definition) is 0. The van der Waals surface area contributed by atoms with Crippen molar-refractivity contribution < 1.29 is 4.79 Å². The smallest absolute Gasteiger partial charge is 0.159 e. The van der Waals surface area contributed by atoms with Gasteiger partial charge in [0.05, 0.1) is 0 Å². The summed E-state index contributed by atoms with van der Waals surface area (Å²) in [5, 5.41) is 0. The van der Waals surface area contributed by atoms with Crippen LogP contribution in [0, 0.1) is 0 Å². The summed E-state index contributed by atoms with van der Waals surface area (Å²) in [6.07, 6.45) is 5.35. The number of allylic oxidation sites excluding steroid dienone is 1. The fourth-order valence-corrected chi connectivity index (χ4v) is 1.51. The molecule has 0 saturated carbocycles. The summed E-state index contributed by atoms with van der Waals surface area (Å²) in [6, 6.07) is 1.90. The van der Waals surface area contributed by atoms with Crippen LogP contribution in [0.25, 0.3) is 0 Å². The summed E-state index contributed by atoms with van der Waals surface area (Å²) < 4.78 is 0. The minimum absolute atomic E-state index is 0.0189. The summed E-state index contributed by atoms with van der Waals surface area (Å²) in [4.78, 5) is 15.4. The molecule has 80 valence electrons. The van der Waals surface area contributed by atoms with Crippen LogP contribution in [0.15, 0.2) is 31.1 Å². The minimum Gasteiger partial charge on any atom is -0.295 e. The van der Waals surface area contributed by atoms with Crippen molar-refractivity contribution in [2.24, 2.45) is 0 Å². The zero-order valence-corrected chi connectivity index (χ0v) is 9.58. The number of ketones is 1. The van der Waals surface area contributed by atoms with Crippen molar-refractivity contribution in [3.63, 3.8) is 0 Å². The molecule has 0 bridgehead atoms. The van der Waals surface area contributed by atoms with E-state index in [1.54, 1.807) is 6.20 Å². The maximum atomic E-state index is 11.3. The van der Waals surface area contributed by atoms with E-state index < -0.39 is 0 Å². The summed E-state index contributed by atoms with van der Waals surface area (Å²) >= 11 is 0. The van der Waals surface area contributed by atoms with Gasteiger partial charge in [-0.05, 0) is 28.7 Å². The quantitative estimate of drug-likeness (QED) is 0.707. The van der Waals surface area contributed by atoms with Gasteiger partial charge in [-0.2, -0.15) is 0 Å². The molecule has 0 aliphatic rings. The molecule has 0 amide bonds. The molecule has 0 atom stereocenters. The highest BCUT2D eigenvalue weighted by Gasteiger charge is 2.18. The Morgan fingerprint density at radius 2 is 2.20 bits per heavy atom. The van der Waals surface area contributed by atoms with Gasteiger partial charge in [-0.25, -0.2) is 0 Å². The number of aromatic nitrogens is 1. The Morgan fingerprint density at radius 1 is 1.53 bits per heavy atom. The summed E-state index contributed by atoms with van der Waals surface area (Å²) in [7, 11) is 0. The van der Waals surface area contributed by atoms with Crippen LogP contribution in [-0.2, 0) is 16.6 Å². The Labute approximate surface area is 91.0 Å². The lowest BCUT2D eigenvalue weighted by molar-refractivity contribution is -0.114. The molecule has 1 heterocycles. The molecule has 0 radical (unpaired) electrons. The Morgan fingerprint density at radius 3 is 2.73 bits per heavy atom. The monoisotopic (exact) mass is 203 g/mol. The van der Waals surface area contributed by atoms with Gasteiger partial charge in [0, 0.05) is 18.8 Å². The molecule has 2 nitrogen and oxygen atoms in total. The van der Waals surface area contributed by atoms with Crippen molar-refractivity contribution in [2.75, 3.05) is 0 Å². The van der Waals surface area contributed by atoms with Crippen molar-refractivity contribution in [1.29, 1.82) is 0 Å². The van der Waals surface area contributed by atoms with Gasteiger partial charge >= 0.3 is 0 Å². The molecular formula is C13H17NO. The van der Waals surface area contributed by atoms with Crippen LogP contribution in [-0.4, -0.2) is 10.8 Å². The van der Waals surface area contributed by atoms with Crippen molar-refractivity contribution in [3.8, 4) is 0 Å². The van der Waals surface area contributed by atoms with E-state index in [1.807, 2.05) is 12.3 Å². The van der Waals surface area contributed by atoms with Gasteiger partial charge in [-0.3, -0.25) is 9.78 Å². The lowest BCUT2D eigenvalue weighted by Crippen LogP contribution is -2.16. The largest absolute Gasteiger partial charge is 0.295 e. The van der Waals surface area contributed by atoms with Crippen molar-refractivity contribution in [1.82, 2.24) is 4.98 Å². The van der Waals surface area contributed by atoms with E-state index in [4.69, 9.17) is 0 Å². The molecule has 2 heteroatoms. The average Bonchev–Trinajstić information content (AvgIpc) is 2.17. The molecule has 15 heavy (non-hydrogen) atoms. The van der Waals surface area contributed by atoms with Crippen LogP contribution >= 0.6 is 0 Å². The number of hydrogen-bond acceptors (Lipinski definition) is 2. The first kappa shape index (κ1) is 11.6. The molecule has 1 aromatic rings. The van der Waals surface area contributed by atoms with E-state index in [-0.39, 0.29) is 11.2 Å². The van der Waals surface area contributed by atoms with Gasteiger partial charge in [0.25, 0.3) is 0 Å². The lowest BCUT2D eigenvalue weighted by atomic mass is 9.84. The van der Waals surface area contributed by atoms with Gasteiger partial charge in [-0.1, -0.05) is 27.4 Å². The molecule has 0 fully saturated rings. The van der Waals surface area contributed by atoms with E-state index in [0.29, 0.717) is 6.42 Å². The fourth-order valence-electron chi connectivity index (χ4n) is 1.51. The third-order valence-corrected chi connectivity index (χ3v) is 2.31. The predicted octanol–water partition coefficient (Wildman–Crippen LogP) is 2.68. The second-order valence-corrected chi connectivity index (χ2v) is 4.63. The van der Waals surface area contributed by atoms with Crippen LogP contribution in [0.2, 0.25) is 0 Å². The number of carbonyl (C=O) groups is 1. The van der Waals surface area contributed by atoms with Gasteiger partial charge in [0.2, 0.25) is 0 Å². The third-order valence-electron chi connectivity index (χ3n) is 2.31. The number of nitrogens with zero attached hydrogens (tertiary/aromatic N) is 1. The molecule has 0 unspecified atom stereocenters. The molecule has 0 aliphatic carbocycles. The molecule has 0 saturated heterocycles. The number of carbonyl (C=O) groups excluding carboxylic acids is 1. The van der Waals surface area contributed by atoms with Gasteiger partial charge in [-0.15, -0.1) is 0 Å². The maximum absolute atomic E-state index is 11.3. The number of rotatable bonds is 3. The molecular weight excluding hydrogens is 186 g/mol. The molecule has 1 aromatic heterocycles. The van der Waals surface area contributed by atoms with Crippen LogP contribution in [0.5, 0.6) is 0 Å². The SMILES string of the molecule is C=CC(=O)Cc1ccncc1C(C)(C)C. The third kappa shape index (κ3) is 3.01. The predicted molar refractivity (Wildman–Crippen MR) is 61.8 cm³/mol. The van der Waals surface area contributed by atoms with Crippen molar-refractivity contribution >= 4 is 5.78 Å². The first-order valence-corrected chi connectivity index (χ1v) is 5.04. The molecule has 0 spiro atoms. The number of pyridine rings is 1. The Balaban J connectivity index is 3.07. The van der Waals surface area contributed by atoms with Crippen LogP contribution in [0.3, 0.4) is 0 Å². The van der Waals surface area contributed by atoms with E-state index in [9.17, 15) is 4.79 Å². The topological polar surface area (TPSA) is 30.0 Å². The van der Waals surface area contributed by atoms with Crippen molar-refractivity contribution in [2.45, 2.75) is 32.6 Å². The zero-order chi connectivity index (χ0) is 11.5. The average molecular weight is 203 g/mol. The van der Waals surface area contributed by atoms with Gasteiger partial charge < -0.3 is 0 Å². The Bertz CT molecular complexity index is 374. The fraction of sp³-hybridized carbons (Fsp3) is 0.385. The van der Waals surface area contributed by atoms with E-state index in [0.717, 1.165) is 11.1 Å². The Kier molecular flexibility index (Phi) is 3.40.